The normalized spacial score (nSPS) is 14.0. The lowest BCUT2D eigenvalue weighted by Gasteiger charge is -2.08. The summed E-state index contributed by atoms with van der Waals surface area (Å²) in [5.41, 5.74) is 0.426. The Morgan fingerprint density at radius 3 is 2.43 bits per heavy atom. The molecule has 14 heavy (non-hydrogen) atoms. The van der Waals surface area contributed by atoms with E-state index in [4.69, 9.17) is 11.6 Å². The largest absolute Gasteiger partial charge is 0.389 e. The molecule has 0 saturated heterocycles. The molecular formula is C9H11ClO3S. The highest BCUT2D eigenvalue weighted by atomic mass is 35.5. The van der Waals surface area contributed by atoms with Crippen molar-refractivity contribution in [2.24, 2.45) is 0 Å². The second-order valence-corrected chi connectivity index (χ2v) is 5.55. The van der Waals surface area contributed by atoms with Crippen molar-refractivity contribution in [2.75, 3.05) is 6.26 Å². The van der Waals surface area contributed by atoms with Gasteiger partial charge in [0.15, 0.2) is 9.84 Å². The van der Waals surface area contributed by atoms with Gasteiger partial charge in [-0.15, -0.1) is 0 Å². The van der Waals surface area contributed by atoms with Crippen molar-refractivity contribution >= 4 is 21.4 Å². The minimum atomic E-state index is -3.25. The maximum Gasteiger partial charge on any atom is 0.175 e. The van der Waals surface area contributed by atoms with Crippen LogP contribution in [-0.4, -0.2) is 19.8 Å². The Bertz CT molecular complexity index is 437. The van der Waals surface area contributed by atoms with Gasteiger partial charge in [-0.05, 0) is 25.1 Å². The number of aliphatic hydroxyl groups is 1. The summed E-state index contributed by atoms with van der Waals surface area (Å²) in [5.74, 6) is 0. The minimum absolute atomic E-state index is 0.165. The zero-order valence-electron chi connectivity index (χ0n) is 7.86. The van der Waals surface area contributed by atoms with Crippen molar-refractivity contribution in [2.45, 2.75) is 17.9 Å². The molecule has 0 aliphatic carbocycles. The van der Waals surface area contributed by atoms with E-state index in [9.17, 15) is 13.5 Å². The molecule has 0 saturated carbocycles. The van der Waals surface area contributed by atoms with Crippen molar-refractivity contribution in [3.8, 4) is 0 Å². The molecule has 5 heteroatoms. The van der Waals surface area contributed by atoms with E-state index in [0.29, 0.717) is 10.6 Å². The molecular weight excluding hydrogens is 224 g/mol. The van der Waals surface area contributed by atoms with Crippen LogP contribution in [0.25, 0.3) is 0 Å². The SMILES string of the molecule is CC(O)c1cc(S(C)(=O)=O)ccc1Cl. The first kappa shape index (κ1) is 11.5. The van der Waals surface area contributed by atoms with Gasteiger partial charge in [-0.3, -0.25) is 0 Å². The zero-order valence-corrected chi connectivity index (χ0v) is 9.43. The Morgan fingerprint density at radius 1 is 1.43 bits per heavy atom. The maximum atomic E-state index is 11.2. The highest BCUT2D eigenvalue weighted by Crippen LogP contribution is 2.25. The first-order valence-corrected chi connectivity index (χ1v) is 6.27. The smallest absolute Gasteiger partial charge is 0.175 e. The molecule has 0 aliphatic rings. The van der Waals surface area contributed by atoms with Crippen LogP contribution in [0.5, 0.6) is 0 Å². The van der Waals surface area contributed by atoms with Crippen molar-refractivity contribution in [3.05, 3.63) is 28.8 Å². The Kier molecular flexibility index (Phi) is 3.19. The van der Waals surface area contributed by atoms with Gasteiger partial charge in [0.2, 0.25) is 0 Å². The van der Waals surface area contributed by atoms with Crippen LogP contribution in [0, 0.1) is 0 Å². The average molecular weight is 235 g/mol. The van der Waals surface area contributed by atoms with E-state index in [1.54, 1.807) is 0 Å². The highest BCUT2D eigenvalue weighted by molar-refractivity contribution is 7.90. The molecule has 1 atom stereocenters. The first-order valence-electron chi connectivity index (χ1n) is 4.00. The van der Waals surface area contributed by atoms with Gasteiger partial charge >= 0.3 is 0 Å². The number of halogens is 1. The van der Waals surface area contributed by atoms with E-state index in [0.717, 1.165) is 6.26 Å². The third kappa shape index (κ3) is 2.47. The monoisotopic (exact) mass is 234 g/mol. The maximum absolute atomic E-state index is 11.2. The summed E-state index contributed by atoms with van der Waals surface area (Å²) in [5, 5.41) is 9.68. The zero-order chi connectivity index (χ0) is 10.9. The molecule has 0 spiro atoms. The number of rotatable bonds is 2. The molecule has 0 bridgehead atoms. The summed E-state index contributed by atoms with van der Waals surface area (Å²) in [4.78, 5) is 0.165. The van der Waals surface area contributed by atoms with Crippen LogP contribution in [0.4, 0.5) is 0 Å². The summed E-state index contributed by atoms with van der Waals surface area (Å²) in [6.45, 7) is 1.53. The number of benzene rings is 1. The van der Waals surface area contributed by atoms with Crippen LogP contribution in [0.2, 0.25) is 5.02 Å². The molecule has 3 nitrogen and oxygen atoms in total. The standard InChI is InChI=1S/C9H11ClO3S/c1-6(11)8-5-7(14(2,12)13)3-4-9(8)10/h3-6,11H,1-2H3. The quantitative estimate of drug-likeness (QED) is 0.849. The van der Waals surface area contributed by atoms with Crippen LogP contribution < -0.4 is 0 Å². The van der Waals surface area contributed by atoms with Gasteiger partial charge in [-0.1, -0.05) is 11.6 Å². The molecule has 78 valence electrons. The topological polar surface area (TPSA) is 54.4 Å². The van der Waals surface area contributed by atoms with Crippen LogP contribution in [0.3, 0.4) is 0 Å². The lowest BCUT2D eigenvalue weighted by Crippen LogP contribution is -2.00. The van der Waals surface area contributed by atoms with Gasteiger partial charge in [0.05, 0.1) is 11.0 Å². The van der Waals surface area contributed by atoms with Gasteiger partial charge in [0.25, 0.3) is 0 Å². The second kappa shape index (κ2) is 3.88. The molecule has 1 aromatic carbocycles. The van der Waals surface area contributed by atoms with Gasteiger partial charge in [-0.25, -0.2) is 8.42 Å². The van der Waals surface area contributed by atoms with E-state index in [-0.39, 0.29) is 4.90 Å². The van der Waals surface area contributed by atoms with Crippen LogP contribution >= 0.6 is 11.6 Å². The minimum Gasteiger partial charge on any atom is -0.389 e. The average Bonchev–Trinajstić information content (AvgIpc) is 2.02. The Morgan fingerprint density at radius 2 is 2.00 bits per heavy atom. The fourth-order valence-electron chi connectivity index (χ4n) is 1.07. The van der Waals surface area contributed by atoms with Gasteiger partial charge in [-0.2, -0.15) is 0 Å². The first-order chi connectivity index (χ1) is 6.32. The summed E-state index contributed by atoms with van der Waals surface area (Å²) in [7, 11) is -3.25. The molecule has 1 rings (SSSR count). The van der Waals surface area contributed by atoms with E-state index in [1.807, 2.05) is 0 Å². The van der Waals surface area contributed by atoms with Crippen molar-refractivity contribution in [1.29, 1.82) is 0 Å². The Labute approximate surface area is 88.2 Å². The molecule has 0 heterocycles. The molecule has 0 fully saturated rings. The van der Waals surface area contributed by atoms with Gasteiger partial charge in [0, 0.05) is 16.8 Å². The lowest BCUT2D eigenvalue weighted by atomic mass is 10.1. The molecule has 1 N–H and O–H groups in total. The van der Waals surface area contributed by atoms with Gasteiger partial charge in [0.1, 0.15) is 0 Å². The number of hydrogen-bond donors (Lipinski definition) is 1. The summed E-state index contributed by atoms with van der Waals surface area (Å²) >= 11 is 5.79. The molecule has 0 amide bonds. The third-order valence-corrected chi connectivity index (χ3v) is 3.30. The van der Waals surface area contributed by atoms with Crippen LogP contribution in [0.15, 0.2) is 23.1 Å². The Balaban J connectivity index is 3.34. The van der Waals surface area contributed by atoms with E-state index >= 15 is 0 Å². The number of sulfone groups is 1. The fourth-order valence-corrected chi connectivity index (χ4v) is 2.00. The predicted octanol–water partition coefficient (Wildman–Crippen LogP) is 1.80. The summed E-state index contributed by atoms with van der Waals surface area (Å²) in [6.07, 6.45) is 0.339. The van der Waals surface area contributed by atoms with E-state index < -0.39 is 15.9 Å². The number of hydrogen-bond acceptors (Lipinski definition) is 3. The third-order valence-electron chi connectivity index (χ3n) is 1.85. The van der Waals surface area contributed by atoms with Crippen LogP contribution in [-0.2, 0) is 9.84 Å². The Hall–Kier alpha value is -0.580. The molecule has 0 radical (unpaired) electrons. The van der Waals surface area contributed by atoms with Crippen molar-refractivity contribution < 1.29 is 13.5 Å². The predicted molar refractivity (Wildman–Crippen MR) is 55.2 cm³/mol. The molecule has 0 aromatic heterocycles. The molecule has 1 unspecified atom stereocenters. The summed E-state index contributed by atoms with van der Waals surface area (Å²) < 4.78 is 22.4. The second-order valence-electron chi connectivity index (χ2n) is 3.13. The van der Waals surface area contributed by atoms with Crippen LogP contribution in [0.1, 0.15) is 18.6 Å². The van der Waals surface area contributed by atoms with Crippen molar-refractivity contribution in [3.63, 3.8) is 0 Å². The highest BCUT2D eigenvalue weighted by Gasteiger charge is 2.12. The van der Waals surface area contributed by atoms with Crippen molar-refractivity contribution in [1.82, 2.24) is 0 Å². The fraction of sp³-hybridized carbons (Fsp3) is 0.333. The lowest BCUT2D eigenvalue weighted by molar-refractivity contribution is 0.199. The van der Waals surface area contributed by atoms with E-state index in [1.165, 1.54) is 25.1 Å². The summed E-state index contributed by atoms with van der Waals surface area (Å²) in [6, 6.07) is 4.28. The molecule has 0 aliphatic heterocycles. The van der Waals surface area contributed by atoms with E-state index in [2.05, 4.69) is 0 Å². The van der Waals surface area contributed by atoms with Gasteiger partial charge < -0.3 is 5.11 Å². The number of aliphatic hydroxyl groups excluding tert-OH is 1. The molecule has 1 aromatic rings.